The minimum absolute atomic E-state index is 0.317. The van der Waals surface area contributed by atoms with Crippen LogP contribution in [0.15, 0.2) is 42.7 Å². The first-order chi connectivity index (χ1) is 12.9. The van der Waals surface area contributed by atoms with Gasteiger partial charge in [0.15, 0.2) is 0 Å². The second-order valence-electron chi connectivity index (χ2n) is 6.96. The van der Waals surface area contributed by atoms with Crippen LogP contribution in [0.25, 0.3) is 28.1 Å². The summed E-state index contributed by atoms with van der Waals surface area (Å²) in [5.74, 6) is 1.75. The molecular weight excluding hydrogens is 340 g/mol. The number of fused-ring (bicyclic) bond motifs is 1. The molecule has 0 bridgehead atoms. The SMILES string of the molecule is Cc1cc(-c2nccn2-c2ccc3c(c2)nc([C@@H](C)O)n3C)cc(C)c1O. The molecule has 0 saturated carbocycles. The molecule has 0 unspecified atom stereocenters. The van der Waals surface area contributed by atoms with Crippen LogP contribution in [0.5, 0.6) is 5.75 Å². The number of aromatic nitrogens is 4. The summed E-state index contributed by atoms with van der Waals surface area (Å²) < 4.78 is 3.91. The monoisotopic (exact) mass is 362 g/mol. The summed E-state index contributed by atoms with van der Waals surface area (Å²) in [5.41, 5.74) is 5.31. The lowest BCUT2D eigenvalue weighted by Gasteiger charge is -2.11. The Hall–Kier alpha value is -3.12. The Bertz CT molecular complexity index is 1130. The van der Waals surface area contributed by atoms with E-state index in [0.717, 1.165) is 39.2 Å². The van der Waals surface area contributed by atoms with Crippen LogP contribution in [0, 0.1) is 13.8 Å². The van der Waals surface area contributed by atoms with Crippen LogP contribution in [0.1, 0.15) is 30.0 Å². The Morgan fingerprint density at radius 1 is 1.07 bits per heavy atom. The Morgan fingerprint density at radius 2 is 1.78 bits per heavy atom. The number of aliphatic hydroxyl groups is 1. The number of aliphatic hydroxyl groups excluding tert-OH is 1. The fraction of sp³-hybridized carbons (Fsp3) is 0.238. The Labute approximate surface area is 157 Å². The maximum atomic E-state index is 10.0. The predicted octanol–water partition coefficient (Wildman–Crippen LogP) is 3.80. The van der Waals surface area contributed by atoms with E-state index in [1.54, 1.807) is 13.1 Å². The summed E-state index contributed by atoms with van der Waals surface area (Å²) in [5, 5.41) is 20.0. The van der Waals surface area contributed by atoms with Gasteiger partial charge in [-0.25, -0.2) is 9.97 Å². The molecule has 6 heteroatoms. The summed E-state index contributed by atoms with van der Waals surface area (Å²) in [7, 11) is 1.90. The Balaban J connectivity index is 1.85. The van der Waals surface area contributed by atoms with Gasteiger partial charge in [0.05, 0.1) is 11.0 Å². The molecule has 0 spiro atoms. The fourth-order valence-corrected chi connectivity index (χ4v) is 3.54. The molecule has 0 fully saturated rings. The van der Waals surface area contributed by atoms with Gasteiger partial charge in [-0.2, -0.15) is 0 Å². The fourth-order valence-electron chi connectivity index (χ4n) is 3.54. The van der Waals surface area contributed by atoms with E-state index in [9.17, 15) is 10.2 Å². The molecule has 4 aromatic rings. The van der Waals surface area contributed by atoms with Gasteiger partial charge in [-0.15, -0.1) is 0 Å². The quantitative estimate of drug-likeness (QED) is 0.581. The summed E-state index contributed by atoms with van der Waals surface area (Å²) in [6, 6.07) is 9.88. The highest BCUT2D eigenvalue weighted by Crippen LogP contribution is 2.30. The van der Waals surface area contributed by atoms with E-state index >= 15 is 0 Å². The maximum absolute atomic E-state index is 10.0. The summed E-state index contributed by atoms with van der Waals surface area (Å²) in [6.45, 7) is 5.48. The molecule has 2 heterocycles. The lowest BCUT2D eigenvalue weighted by Crippen LogP contribution is -2.01. The van der Waals surface area contributed by atoms with Crippen LogP contribution in [0.3, 0.4) is 0 Å². The van der Waals surface area contributed by atoms with E-state index in [1.165, 1.54) is 0 Å². The van der Waals surface area contributed by atoms with Crippen molar-refractivity contribution in [3.63, 3.8) is 0 Å². The first kappa shape index (κ1) is 17.3. The van der Waals surface area contributed by atoms with Crippen molar-refractivity contribution >= 4 is 11.0 Å². The van der Waals surface area contributed by atoms with Crippen LogP contribution in [0.4, 0.5) is 0 Å². The smallest absolute Gasteiger partial charge is 0.144 e. The standard InChI is InChI=1S/C21H22N4O2/c1-12-9-15(10-13(2)19(12)27)21-22-7-8-25(21)16-5-6-18-17(11-16)23-20(14(3)26)24(18)4/h5-11,14,26-27H,1-4H3/t14-/m1/s1. The van der Waals surface area contributed by atoms with Crippen LogP contribution in [-0.4, -0.2) is 29.3 Å². The number of hydrogen-bond acceptors (Lipinski definition) is 4. The third-order valence-corrected chi connectivity index (χ3v) is 4.94. The zero-order valence-corrected chi connectivity index (χ0v) is 15.8. The molecular formula is C21H22N4O2. The van der Waals surface area contributed by atoms with Crippen molar-refractivity contribution in [3.8, 4) is 22.8 Å². The topological polar surface area (TPSA) is 76.1 Å². The highest BCUT2D eigenvalue weighted by Gasteiger charge is 2.15. The average Bonchev–Trinajstić information content (AvgIpc) is 3.24. The van der Waals surface area contributed by atoms with Gasteiger partial charge in [-0.1, -0.05) is 0 Å². The molecule has 2 aromatic carbocycles. The first-order valence-corrected chi connectivity index (χ1v) is 8.85. The van der Waals surface area contributed by atoms with Crippen molar-refractivity contribution in [2.75, 3.05) is 0 Å². The predicted molar refractivity (Wildman–Crippen MR) is 105 cm³/mol. The summed E-state index contributed by atoms with van der Waals surface area (Å²) in [6.07, 6.45) is 3.04. The lowest BCUT2D eigenvalue weighted by molar-refractivity contribution is 0.186. The number of aryl methyl sites for hydroxylation is 3. The van der Waals surface area contributed by atoms with E-state index in [-0.39, 0.29) is 0 Å². The zero-order valence-electron chi connectivity index (χ0n) is 15.8. The molecule has 0 saturated heterocycles. The number of phenolic OH excluding ortho intramolecular Hbond substituents is 1. The van der Waals surface area contributed by atoms with E-state index in [1.807, 2.05) is 66.6 Å². The molecule has 1 atom stereocenters. The highest BCUT2D eigenvalue weighted by atomic mass is 16.3. The van der Waals surface area contributed by atoms with Crippen molar-refractivity contribution in [2.45, 2.75) is 26.9 Å². The Morgan fingerprint density at radius 3 is 2.44 bits per heavy atom. The molecule has 0 aliphatic rings. The third kappa shape index (κ3) is 2.78. The molecule has 4 rings (SSSR count). The number of aromatic hydroxyl groups is 1. The molecule has 0 radical (unpaired) electrons. The van der Waals surface area contributed by atoms with Crippen LogP contribution < -0.4 is 0 Å². The van der Waals surface area contributed by atoms with Gasteiger partial charge in [0.2, 0.25) is 0 Å². The first-order valence-electron chi connectivity index (χ1n) is 8.85. The molecule has 27 heavy (non-hydrogen) atoms. The highest BCUT2D eigenvalue weighted by molar-refractivity contribution is 5.79. The molecule has 2 aromatic heterocycles. The normalized spacial score (nSPS) is 12.6. The van der Waals surface area contributed by atoms with Crippen molar-refractivity contribution < 1.29 is 10.2 Å². The molecule has 0 aliphatic carbocycles. The molecule has 138 valence electrons. The minimum atomic E-state index is -0.627. The number of imidazole rings is 2. The molecule has 0 aliphatic heterocycles. The lowest BCUT2D eigenvalue weighted by atomic mass is 10.1. The van der Waals surface area contributed by atoms with Crippen molar-refractivity contribution in [1.82, 2.24) is 19.1 Å². The molecule has 6 nitrogen and oxygen atoms in total. The number of nitrogens with zero attached hydrogens (tertiary/aromatic N) is 4. The Kier molecular flexibility index (Phi) is 4.00. The largest absolute Gasteiger partial charge is 0.507 e. The third-order valence-electron chi connectivity index (χ3n) is 4.94. The van der Waals surface area contributed by atoms with Crippen LogP contribution >= 0.6 is 0 Å². The van der Waals surface area contributed by atoms with Gasteiger partial charge in [-0.05, 0) is 62.2 Å². The van der Waals surface area contributed by atoms with Gasteiger partial charge < -0.3 is 14.8 Å². The van der Waals surface area contributed by atoms with Gasteiger partial charge in [0, 0.05) is 30.7 Å². The number of benzene rings is 2. The van der Waals surface area contributed by atoms with E-state index in [4.69, 9.17) is 0 Å². The number of hydrogen-bond donors (Lipinski definition) is 2. The number of rotatable bonds is 3. The van der Waals surface area contributed by atoms with Gasteiger partial charge in [0.1, 0.15) is 23.5 Å². The minimum Gasteiger partial charge on any atom is -0.507 e. The molecule has 2 N–H and O–H groups in total. The van der Waals surface area contributed by atoms with Gasteiger partial charge in [-0.3, -0.25) is 4.57 Å². The van der Waals surface area contributed by atoms with Crippen molar-refractivity contribution in [2.24, 2.45) is 7.05 Å². The van der Waals surface area contributed by atoms with Crippen molar-refractivity contribution in [3.05, 3.63) is 59.7 Å². The number of phenols is 1. The summed E-state index contributed by atoms with van der Waals surface area (Å²) in [4.78, 5) is 9.09. The second kappa shape index (κ2) is 6.25. The van der Waals surface area contributed by atoms with Gasteiger partial charge >= 0.3 is 0 Å². The van der Waals surface area contributed by atoms with Crippen LogP contribution in [-0.2, 0) is 7.05 Å². The van der Waals surface area contributed by atoms with Crippen molar-refractivity contribution in [1.29, 1.82) is 0 Å². The average molecular weight is 362 g/mol. The zero-order chi connectivity index (χ0) is 19.3. The van der Waals surface area contributed by atoms with E-state index < -0.39 is 6.10 Å². The van der Waals surface area contributed by atoms with Gasteiger partial charge in [0.25, 0.3) is 0 Å². The van der Waals surface area contributed by atoms with Crippen LogP contribution in [0.2, 0.25) is 0 Å². The van der Waals surface area contributed by atoms with E-state index in [2.05, 4.69) is 9.97 Å². The second-order valence-corrected chi connectivity index (χ2v) is 6.96. The molecule has 0 amide bonds. The summed E-state index contributed by atoms with van der Waals surface area (Å²) >= 11 is 0. The van der Waals surface area contributed by atoms with E-state index in [0.29, 0.717) is 11.6 Å². The maximum Gasteiger partial charge on any atom is 0.144 e.